The van der Waals surface area contributed by atoms with Crippen LogP contribution in [-0.4, -0.2) is 46.9 Å². The molecule has 0 saturated carbocycles. The molecule has 8 heteroatoms. The standard InChI is InChI=1S/C19H25N3O5/c1-5-13-7-9-14(10-8-13)20-16(24)12(3)27-15(23)11-22-17(25)19(4,6-2)21-18(22)26/h7-10,12H,5-6,11H2,1-4H3,(H,20,24)(H,21,26)/t12-,19-/m0/s1. The van der Waals surface area contributed by atoms with E-state index in [1.165, 1.54) is 6.92 Å². The number of nitrogens with zero attached hydrogens (tertiary/aromatic N) is 1. The van der Waals surface area contributed by atoms with Gasteiger partial charge in [-0.1, -0.05) is 26.0 Å². The van der Waals surface area contributed by atoms with E-state index >= 15 is 0 Å². The second kappa shape index (κ2) is 8.20. The number of amides is 4. The van der Waals surface area contributed by atoms with Gasteiger partial charge in [-0.2, -0.15) is 0 Å². The monoisotopic (exact) mass is 375 g/mol. The van der Waals surface area contributed by atoms with E-state index in [1.807, 2.05) is 19.1 Å². The van der Waals surface area contributed by atoms with Crippen molar-refractivity contribution in [3.05, 3.63) is 29.8 Å². The lowest BCUT2D eigenvalue weighted by Crippen LogP contribution is -2.44. The molecule has 1 heterocycles. The lowest BCUT2D eigenvalue weighted by molar-refractivity contribution is -0.155. The summed E-state index contributed by atoms with van der Waals surface area (Å²) in [7, 11) is 0. The van der Waals surface area contributed by atoms with Crippen molar-refractivity contribution in [3.8, 4) is 0 Å². The number of benzene rings is 1. The summed E-state index contributed by atoms with van der Waals surface area (Å²) >= 11 is 0. The highest BCUT2D eigenvalue weighted by atomic mass is 16.5. The summed E-state index contributed by atoms with van der Waals surface area (Å²) in [5.74, 6) is -1.81. The number of urea groups is 1. The average Bonchev–Trinajstić information content (AvgIpc) is 2.86. The van der Waals surface area contributed by atoms with Gasteiger partial charge in [-0.05, 0) is 44.4 Å². The number of esters is 1. The quantitative estimate of drug-likeness (QED) is 0.559. The first kappa shape index (κ1) is 20.4. The number of ether oxygens (including phenoxy) is 1. The Morgan fingerprint density at radius 2 is 1.85 bits per heavy atom. The lowest BCUT2D eigenvalue weighted by Gasteiger charge is -2.19. The summed E-state index contributed by atoms with van der Waals surface area (Å²) in [6.45, 7) is 6.28. The number of aryl methyl sites for hydroxylation is 1. The Labute approximate surface area is 158 Å². The van der Waals surface area contributed by atoms with E-state index in [4.69, 9.17) is 4.74 Å². The first-order valence-electron chi connectivity index (χ1n) is 8.93. The van der Waals surface area contributed by atoms with E-state index in [1.54, 1.807) is 26.0 Å². The van der Waals surface area contributed by atoms with Crippen LogP contribution in [0.15, 0.2) is 24.3 Å². The molecule has 0 unspecified atom stereocenters. The van der Waals surface area contributed by atoms with Crippen molar-refractivity contribution in [2.45, 2.75) is 52.2 Å². The molecule has 2 rings (SSSR count). The Kier molecular flexibility index (Phi) is 6.20. The number of rotatable bonds is 7. The fourth-order valence-corrected chi connectivity index (χ4v) is 2.62. The van der Waals surface area contributed by atoms with Crippen LogP contribution < -0.4 is 10.6 Å². The fraction of sp³-hybridized carbons (Fsp3) is 0.474. The summed E-state index contributed by atoms with van der Waals surface area (Å²) < 4.78 is 5.06. The van der Waals surface area contributed by atoms with Gasteiger partial charge in [0.15, 0.2) is 6.10 Å². The van der Waals surface area contributed by atoms with Crippen LogP contribution in [0.1, 0.15) is 39.7 Å². The minimum atomic E-state index is -1.07. The maximum Gasteiger partial charge on any atom is 0.327 e. The number of imide groups is 1. The molecule has 0 spiro atoms. The summed E-state index contributed by atoms with van der Waals surface area (Å²) in [5.41, 5.74) is 0.707. The van der Waals surface area contributed by atoms with Gasteiger partial charge in [0.2, 0.25) is 0 Å². The van der Waals surface area contributed by atoms with Crippen LogP contribution in [0.3, 0.4) is 0 Å². The van der Waals surface area contributed by atoms with Gasteiger partial charge in [-0.15, -0.1) is 0 Å². The van der Waals surface area contributed by atoms with Gasteiger partial charge >= 0.3 is 12.0 Å². The molecule has 2 atom stereocenters. The molecule has 1 aromatic carbocycles. The van der Waals surface area contributed by atoms with Crippen LogP contribution in [0.25, 0.3) is 0 Å². The Morgan fingerprint density at radius 3 is 2.37 bits per heavy atom. The molecular weight excluding hydrogens is 350 g/mol. The molecule has 0 aliphatic carbocycles. The van der Waals surface area contributed by atoms with E-state index in [-0.39, 0.29) is 0 Å². The summed E-state index contributed by atoms with van der Waals surface area (Å²) in [4.78, 5) is 49.2. The zero-order chi connectivity index (χ0) is 20.2. The number of anilines is 1. The Morgan fingerprint density at radius 1 is 1.22 bits per heavy atom. The predicted octanol–water partition coefficient (Wildman–Crippen LogP) is 1.84. The van der Waals surface area contributed by atoms with E-state index in [2.05, 4.69) is 10.6 Å². The van der Waals surface area contributed by atoms with Crippen molar-refractivity contribution in [2.75, 3.05) is 11.9 Å². The van der Waals surface area contributed by atoms with Gasteiger partial charge in [0.25, 0.3) is 11.8 Å². The first-order valence-corrected chi connectivity index (χ1v) is 8.93. The van der Waals surface area contributed by atoms with Crippen LogP contribution in [0.4, 0.5) is 10.5 Å². The predicted molar refractivity (Wildman–Crippen MR) is 98.9 cm³/mol. The molecular formula is C19H25N3O5. The molecule has 27 heavy (non-hydrogen) atoms. The molecule has 8 nitrogen and oxygen atoms in total. The van der Waals surface area contributed by atoms with Crippen molar-refractivity contribution in [1.29, 1.82) is 0 Å². The van der Waals surface area contributed by atoms with Crippen molar-refractivity contribution >= 4 is 29.5 Å². The number of hydrogen-bond acceptors (Lipinski definition) is 5. The Bertz CT molecular complexity index is 746. The molecule has 1 aromatic rings. The molecule has 1 aliphatic rings. The number of carbonyl (C=O) groups excluding carboxylic acids is 4. The van der Waals surface area contributed by atoms with E-state index in [0.717, 1.165) is 16.9 Å². The van der Waals surface area contributed by atoms with E-state index in [0.29, 0.717) is 12.1 Å². The lowest BCUT2D eigenvalue weighted by atomic mass is 9.99. The normalized spacial score (nSPS) is 20.2. The topological polar surface area (TPSA) is 105 Å². The average molecular weight is 375 g/mol. The molecule has 0 radical (unpaired) electrons. The smallest absolute Gasteiger partial charge is 0.327 e. The zero-order valence-electron chi connectivity index (χ0n) is 16.0. The molecule has 1 saturated heterocycles. The highest BCUT2D eigenvalue weighted by molar-refractivity contribution is 6.08. The van der Waals surface area contributed by atoms with Crippen molar-refractivity contribution < 1.29 is 23.9 Å². The van der Waals surface area contributed by atoms with Crippen LogP contribution in [-0.2, 0) is 25.5 Å². The molecule has 1 fully saturated rings. The van der Waals surface area contributed by atoms with Gasteiger partial charge < -0.3 is 15.4 Å². The third-order valence-electron chi connectivity index (χ3n) is 4.65. The molecule has 146 valence electrons. The minimum absolute atomic E-state index is 0.402. The number of nitrogens with one attached hydrogen (secondary N) is 2. The summed E-state index contributed by atoms with van der Waals surface area (Å²) in [6, 6.07) is 6.69. The van der Waals surface area contributed by atoms with Crippen molar-refractivity contribution in [3.63, 3.8) is 0 Å². The van der Waals surface area contributed by atoms with E-state index < -0.39 is 42.0 Å². The Hall–Kier alpha value is -2.90. The zero-order valence-corrected chi connectivity index (χ0v) is 16.0. The molecule has 4 amide bonds. The maximum atomic E-state index is 12.3. The number of carbonyl (C=O) groups is 4. The van der Waals surface area contributed by atoms with Crippen LogP contribution in [0.5, 0.6) is 0 Å². The van der Waals surface area contributed by atoms with Gasteiger partial charge in [-0.25, -0.2) is 4.79 Å². The van der Waals surface area contributed by atoms with Crippen molar-refractivity contribution in [1.82, 2.24) is 10.2 Å². The van der Waals surface area contributed by atoms with Crippen molar-refractivity contribution in [2.24, 2.45) is 0 Å². The van der Waals surface area contributed by atoms with Crippen LogP contribution in [0.2, 0.25) is 0 Å². The second-order valence-corrected chi connectivity index (χ2v) is 6.68. The van der Waals surface area contributed by atoms with Gasteiger partial charge in [-0.3, -0.25) is 19.3 Å². The van der Waals surface area contributed by atoms with Gasteiger partial charge in [0.1, 0.15) is 12.1 Å². The first-order chi connectivity index (χ1) is 12.7. The minimum Gasteiger partial charge on any atom is -0.451 e. The summed E-state index contributed by atoms with van der Waals surface area (Å²) in [6.07, 6.45) is 0.225. The third kappa shape index (κ3) is 4.64. The highest BCUT2D eigenvalue weighted by Gasteiger charge is 2.47. The molecule has 0 bridgehead atoms. The van der Waals surface area contributed by atoms with Crippen LogP contribution in [0, 0.1) is 0 Å². The molecule has 2 N–H and O–H groups in total. The van der Waals surface area contributed by atoms with Gasteiger partial charge in [0, 0.05) is 5.69 Å². The maximum absolute atomic E-state index is 12.3. The second-order valence-electron chi connectivity index (χ2n) is 6.68. The highest BCUT2D eigenvalue weighted by Crippen LogP contribution is 2.20. The SMILES string of the molecule is CCc1ccc(NC(=O)[C@H](C)OC(=O)CN2C(=O)N[C@@](C)(CC)C2=O)cc1. The fourth-order valence-electron chi connectivity index (χ4n) is 2.62. The Balaban J connectivity index is 1.90. The number of hydrogen-bond donors (Lipinski definition) is 2. The molecule has 1 aliphatic heterocycles. The van der Waals surface area contributed by atoms with Gasteiger partial charge in [0.05, 0.1) is 0 Å². The third-order valence-corrected chi connectivity index (χ3v) is 4.65. The molecule has 0 aromatic heterocycles. The van der Waals surface area contributed by atoms with E-state index in [9.17, 15) is 19.2 Å². The van der Waals surface area contributed by atoms with Crippen LogP contribution >= 0.6 is 0 Å². The summed E-state index contributed by atoms with van der Waals surface area (Å²) in [5, 5.41) is 5.21. The largest absolute Gasteiger partial charge is 0.451 e.